The van der Waals surface area contributed by atoms with E-state index < -0.39 is 17.7 Å². The number of rotatable bonds is 3. The molecule has 0 saturated heterocycles. The van der Waals surface area contributed by atoms with Crippen molar-refractivity contribution in [3.8, 4) is 0 Å². The van der Waals surface area contributed by atoms with Gasteiger partial charge in [-0.25, -0.2) is 9.59 Å². The molecule has 2 rings (SSSR count). The van der Waals surface area contributed by atoms with Crippen molar-refractivity contribution in [1.82, 2.24) is 4.57 Å². The number of nitrogens with zero attached hydrogens (tertiary/aromatic N) is 1. The van der Waals surface area contributed by atoms with Crippen molar-refractivity contribution < 1.29 is 19.4 Å². The summed E-state index contributed by atoms with van der Waals surface area (Å²) >= 11 is 1.18. The zero-order valence-corrected chi connectivity index (χ0v) is 14.9. The molecule has 2 aromatic rings. The van der Waals surface area contributed by atoms with Crippen molar-refractivity contribution >= 4 is 23.4 Å². The van der Waals surface area contributed by atoms with E-state index in [9.17, 15) is 9.59 Å². The molecule has 0 aliphatic carbocycles. The predicted octanol–water partition coefficient (Wildman–Crippen LogP) is 4.65. The van der Waals surface area contributed by atoms with Crippen LogP contribution in [0.15, 0.2) is 29.8 Å². The SMILES string of the molecule is CC.CC(C)(C)OC(=O)n1cccc1Cc1csc(C(=O)O)c1. The fraction of sp³-hybridized carbons (Fsp3) is 0.412. The molecule has 0 saturated carbocycles. The topological polar surface area (TPSA) is 68.5 Å². The first kappa shape index (κ1) is 19.0. The summed E-state index contributed by atoms with van der Waals surface area (Å²) in [5.41, 5.74) is 1.07. The average molecular weight is 337 g/mol. The lowest BCUT2D eigenvalue weighted by Gasteiger charge is -2.20. The second-order valence-corrected chi connectivity index (χ2v) is 6.56. The number of aromatic nitrogens is 1. The molecule has 0 radical (unpaired) electrons. The van der Waals surface area contributed by atoms with Crippen LogP contribution in [0.5, 0.6) is 0 Å². The van der Waals surface area contributed by atoms with Gasteiger partial charge in [0.1, 0.15) is 10.5 Å². The molecule has 0 spiro atoms. The van der Waals surface area contributed by atoms with Gasteiger partial charge in [0.15, 0.2) is 0 Å². The summed E-state index contributed by atoms with van der Waals surface area (Å²) in [4.78, 5) is 23.3. The summed E-state index contributed by atoms with van der Waals surface area (Å²) < 4.78 is 6.78. The summed E-state index contributed by atoms with van der Waals surface area (Å²) in [6.07, 6.45) is 1.69. The molecule has 0 aliphatic heterocycles. The molecule has 23 heavy (non-hydrogen) atoms. The fourth-order valence-corrected chi connectivity index (χ4v) is 2.59. The molecule has 0 atom stereocenters. The Balaban J connectivity index is 0.00000127. The molecular formula is C17H23NO4S. The van der Waals surface area contributed by atoms with Gasteiger partial charge in [-0.05, 0) is 49.9 Å². The smallest absolute Gasteiger partial charge is 0.418 e. The molecule has 0 unspecified atom stereocenters. The van der Waals surface area contributed by atoms with Crippen LogP contribution >= 0.6 is 11.3 Å². The zero-order valence-electron chi connectivity index (χ0n) is 14.1. The maximum atomic E-state index is 12.1. The molecular weight excluding hydrogens is 314 g/mol. The first-order valence-electron chi connectivity index (χ1n) is 7.46. The number of ether oxygens (including phenoxy) is 1. The van der Waals surface area contributed by atoms with Gasteiger partial charge in [-0.3, -0.25) is 4.57 Å². The average Bonchev–Trinajstić information content (AvgIpc) is 3.09. The van der Waals surface area contributed by atoms with Crippen LogP contribution in [0.25, 0.3) is 0 Å². The fourth-order valence-electron chi connectivity index (χ4n) is 1.84. The summed E-state index contributed by atoms with van der Waals surface area (Å²) in [7, 11) is 0. The first-order valence-corrected chi connectivity index (χ1v) is 8.34. The minimum atomic E-state index is -0.936. The molecule has 2 heterocycles. The van der Waals surface area contributed by atoms with Crippen LogP contribution in [-0.4, -0.2) is 27.3 Å². The Bertz CT molecular complexity index is 664. The number of carbonyl (C=O) groups is 2. The van der Waals surface area contributed by atoms with Gasteiger partial charge < -0.3 is 9.84 Å². The van der Waals surface area contributed by atoms with Crippen molar-refractivity contribution in [3.05, 3.63) is 45.9 Å². The number of carbonyl (C=O) groups excluding carboxylic acids is 1. The Labute approximate surface area is 140 Å². The molecule has 0 bridgehead atoms. The van der Waals surface area contributed by atoms with Crippen molar-refractivity contribution in [1.29, 1.82) is 0 Å². The van der Waals surface area contributed by atoms with E-state index in [1.807, 2.05) is 40.7 Å². The predicted molar refractivity (Wildman–Crippen MR) is 91.5 cm³/mol. The lowest BCUT2D eigenvalue weighted by Crippen LogP contribution is -2.27. The van der Waals surface area contributed by atoms with Crippen LogP contribution in [0.3, 0.4) is 0 Å². The van der Waals surface area contributed by atoms with Crippen LogP contribution in [-0.2, 0) is 11.2 Å². The van der Waals surface area contributed by atoms with E-state index in [1.165, 1.54) is 15.9 Å². The number of hydrogen-bond donors (Lipinski definition) is 1. The molecule has 0 aromatic carbocycles. The van der Waals surface area contributed by atoms with E-state index in [0.29, 0.717) is 11.3 Å². The first-order chi connectivity index (χ1) is 10.8. The van der Waals surface area contributed by atoms with Crippen molar-refractivity contribution in [3.63, 3.8) is 0 Å². The molecule has 5 nitrogen and oxygen atoms in total. The van der Waals surface area contributed by atoms with E-state index in [-0.39, 0.29) is 0 Å². The highest BCUT2D eigenvalue weighted by Gasteiger charge is 2.19. The lowest BCUT2D eigenvalue weighted by molar-refractivity contribution is 0.0532. The van der Waals surface area contributed by atoms with Gasteiger partial charge >= 0.3 is 12.1 Å². The van der Waals surface area contributed by atoms with Gasteiger partial charge in [-0.15, -0.1) is 11.3 Å². The minimum Gasteiger partial charge on any atom is -0.477 e. The van der Waals surface area contributed by atoms with Crippen LogP contribution in [0.2, 0.25) is 0 Å². The Morgan fingerprint density at radius 2 is 1.96 bits per heavy atom. The number of thiophene rings is 1. The molecule has 126 valence electrons. The highest BCUT2D eigenvalue weighted by Crippen LogP contribution is 2.19. The molecule has 2 aromatic heterocycles. The normalized spacial score (nSPS) is 10.7. The monoisotopic (exact) mass is 337 g/mol. The minimum absolute atomic E-state index is 0.292. The lowest BCUT2D eigenvalue weighted by atomic mass is 10.2. The van der Waals surface area contributed by atoms with Gasteiger partial charge in [0, 0.05) is 18.3 Å². The van der Waals surface area contributed by atoms with E-state index in [4.69, 9.17) is 9.84 Å². The third-order valence-electron chi connectivity index (χ3n) is 2.67. The summed E-state index contributed by atoms with van der Waals surface area (Å²) in [5.74, 6) is -0.936. The number of aromatic carboxylic acids is 1. The van der Waals surface area contributed by atoms with E-state index in [2.05, 4.69) is 0 Å². The van der Waals surface area contributed by atoms with Crippen LogP contribution in [0.1, 0.15) is 55.5 Å². The highest BCUT2D eigenvalue weighted by atomic mass is 32.1. The molecule has 6 heteroatoms. The van der Waals surface area contributed by atoms with Gasteiger partial charge in [0.25, 0.3) is 0 Å². The van der Waals surface area contributed by atoms with Gasteiger partial charge in [-0.2, -0.15) is 0 Å². The third kappa shape index (κ3) is 5.56. The third-order valence-corrected chi connectivity index (χ3v) is 3.64. The molecule has 0 aliphatic rings. The molecule has 0 fully saturated rings. The Kier molecular flexibility index (Phi) is 6.57. The van der Waals surface area contributed by atoms with Gasteiger partial charge in [0.2, 0.25) is 0 Å². The van der Waals surface area contributed by atoms with Gasteiger partial charge in [0.05, 0.1) is 0 Å². The largest absolute Gasteiger partial charge is 0.477 e. The van der Waals surface area contributed by atoms with E-state index in [1.54, 1.807) is 23.7 Å². The number of carboxylic acid groups (broad SMARTS) is 1. The molecule has 0 amide bonds. The zero-order chi connectivity index (χ0) is 17.6. The molecule has 1 N–H and O–H groups in total. The van der Waals surface area contributed by atoms with Crippen LogP contribution in [0, 0.1) is 0 Å². The highest BCUT2D eigenvalue weighted by molar-refractivity contribution is 7.12. The maximum Gasteiger partial charge on any atom is 0.418 e. The second kappa shape index (κ2) is 7.97. The maximum absolute atomic E-state index is 12.1. The van der Waals surface area contributed by atoms with E-state index in [0.717, 1.165) is 11.3 Å². The Morgan fingerprint density at radius 1 is 1.30 bits per heavy atom. The summed E-state index contributed by atoms with van der Waals surface area (Å²) in [6, 6.07) is 5.21. The van der Waals surface area contributed by atoms with Gasteiger partial charge in [-0.1, -0.05) is 13.8 Å². The standard InChI is InChI=1S/C15H17NO4S.C2H6/c1-15(2,3)20-14(19)16-6-4-5-11(16)7-10-8-12(13(17)18)21-9-10;1-2/h4-6,8-9H,7H2,1-3H3,(H,17,18);1-2H3. The Morgan fingerprint density at radius 3 is 2.48 bits per heavy atom. The number of carboxylic acids is 1. The summed E-state index contributed by atoms with van der Waals surface area (Å²) in [6.45, 7) is 9.43. The Hall–Kier alpha value is -2.08. The second-order valence-electron chi connectivity index (χ2n) is 5.65. The number of hydrogen-bond acceptors (Lipinski definition) is 4. The van der Waals surface area contributed by atoms with Crippen molar-refractivity contribution in [2.45, 2.75) is 46.6 Å². The van der Waals surface area contributed by atoms with Crippen molar-refractivity contribution in [2.75, 3.05) is 0 Å². The quantitative estimate of drug-likeness (QED) is 0.885. The van der Waals surface area contributed by atoms with E-state index >= 15 is 0 Å². The van der Waals surface area contributed by atoms with Crippen LogP contribution in [0.4, 0.5) is 4.79 Å². The van der Waals surface area contributed by atoms with Crippen molar-refractivity contribution in [2.24, 2.45) is 0 Å². The van der Waals surface area contributed by atoms with Crippen LogP contribution < -0.4 is 0 Å². The summed E-state index contributed by atoms with van der Waals surface area (Å²) in [5, 5.41) is 10.7.